The van der Waals surface area contributed by atoms with Crippen LogP contribution in [0.15, 0.2) is 63.7 Å². The number of rotatable bonds is 4. The fraction of sp³-hybridized carbons (Fsp3) is 0.0625. The lowest BCUT2D eigenvalue weighted by atomic mass is 10.2. The van der Waals surface area contributed by atoms with Gasteiger partial charge in [0.15, 0.2) is 17.3 Å². The van der Waals surface area contributed by atoms with Gasteiger partial charge in [0, 0.05) is 0 Å². The van der Waals surface area contributed by atoms with E-state index in [4.69, 9.17) is 16.6 Å². The number of sulfonamides is 1. The van der Waals surface area contributed by atoms with Gasteiger partial charge in [0.2, 0.25) is 10.0 Å². The molecule has 3 aromatic rings. The van der Waals surface area contributed by atoms with Crippen molar-refractivity contribution in [3.63, 3.8) is 0 Å². The van der Waals surface area contributed by atoms with Crippen LogP contribution in [0.5, 0.6) is 0 Å². The average Bonchev–Trinajstić information content (AvgIpc) is 2.88. The van der Waals surface area contributed by atoms with Crippen molar-refractivity contribution in [2.75, 3.05) is 11.5 Å². The molecule has 1 heterocycles. The van der Waals surface area contributed by atoms with Gasteiger partial charge in [-0.05, 0) is 43.3 Å². The molecule has 6 N–H and O–H groups in total. The van der Waals surface area contributed by atoms with Gasteiger partial charge in [-0.25, -0.2) is 18.2 Å². The lowest BCUT2D eigenvalue weighted by Gasteiger charge is -2.04. The minimum atomic E-state index is -3.78. The van der Waals surface area contributed by atoms with Crippen LogP contribution in [0.25, 0.3) is 5.69 Å². The highest BCUT2D eigenvalue weighted by Gasteiger charge is 2.15. The molecule has 0 saturated carbocycles. The summed E-state index contributed by atoms with van der Waals surface area (Å²) in [7, 11) is -3.78. The summed E-state index contributed by atoms with van der Waals surface area (Å²) in [5.74, 6) is 0.288. The Morgan fingerprint density at radius 1 is 0.962 bits per heavy atom. The fourth-order valence-corrected chi connectivity index (χ4v) is 2.75. The predicted octanol–water partition coefficient (Wildman–Crippen LogP) is 2.41. The number of primary sulfonamides is 1. The van der Waals surface area contributed by atoms with Crippen LogP contribution in [0, 0.1) is 6.92 Å². The third kappa shape index (κ3) is 3.55. The maximum absolute atomic E-state index is 11.3. The third-order valence-corrected chi connectivity index (χ3v) is 4.56. The normalized spacial score (nSPS) is 11.9. The smallest absolute Gasteiger partial charge is 0.238 e. The van der Waals surface area contributed by atoms with Crippen molar-refractivity contribution in [2.45, 2.75) is 11.8 Å². The standard InChI is InChI=1S/C16H17N7O2S/c1-10-2-4-11(5-3-10)20-21-14-15(17)22-23(16(14)18)12-6-8-13(9-7-12)26(19,24)25/h2-9H,18H2,1H3,(H2,17,22)(H2,19,24,25). The zero-order chi connectivity index (χ0) is 18.9. The second kappa shape index (κ2) is 6.58. The van der Waals surface area contributed by atoms with Crippen LogP contribution in [0.3, 0.4) is 0 Å². The highest BCUT2D eigenvalue weighted by molar-refractivity contribution is 7.89. The Balaban J connectivity index is 1.94. The molecule has 134 valence electrons. The van der Waals surface area contributed by atoms with Crippen molar-refractivity contribution in [3.05, 3.63) is 54.1 Å². The molecule has 0 unspecified atom stereocenters. The molecule has 0 aliphatic rings. The summed E-state index contributed by atoms with van der Waals surface area (Å²) in [6, 6.07) is 13.2. The first-order chi connectivity index (χ1) is 12.3. The molecule has 0 aliphatic heterocycles. The molecular formula is C16H17N7O2S. The molecule has 3 rings (SSSR count). The van der Waals surface area contributed by atoms with E-state index in [9.17, 15) is 8.42 Å². The molecule has 0 amide bonds. The van der Waals surface area contributed by atoms with E-state index in [1.165, 1.54) is 28.9 Å². The molecule has 2 aromatic carbocycles. The number of hydrogen-bond donors (Lipinski definition) is 3. The van der Waals surface area contributed by atoms with Gasteiger partial charge in [-0.1, -0.05) is 17.7 Å². The quantitative estimate of drug-likeness (QED) is 0.601. The van der Waals surface area contributed by atoms with Gasteiger partial charge >= 0.3 is 0 Å². The number of aromatic nitrogens is 2. The number of benzene rings is 2. The van der Waals surface area contributed by atoms with Crippen LogP contribution < -0.4 is 16.6 Å². The minimum Gasteiger partial charge on any atom is -0.382 e. The van der Waals surface area contributed by atoms with Crippen molar-refractivity contribution in [3.8, 4) is 5.69 Å². The van der Waals surface area contributed by atoms with E-state index in [1.807, 2.05) is 31.2 Å². The van der Waals surface area contributed by atoms with E-state index in [0.29, 0.717) is 11.4 Å². The van der Waals surface area contributed by atoms with E-state index >= 15 is 0 Å². The summed E-state index contributed by atoms with van der Waals surface area (Å²) >= 11 is 0. The third-order valence-electron chi connectivity index (χ3n) is 3.63. The highest BCUT2D eigenvalue weighted by Crippen LogP contribution is 2.32. The van der Waals surface area contributed by atoms with Gasteiger partial charge in [-0.2, -0.15) is 5.11 Å². The van der Waals surface area contributed by atoms with E-state index in [0.717, 1.165) is 5.56 Å². The van der Waals surface area contributed by atoms with Crippen LogP contribution in [0.1, 0.15) is 5.56 Å². The first-order valence-corrected chi connectivity index (χ1v) is 9.06. The monoisotopic (exact) mass is 371 g/mol. The highest BCUT2D eigenvalue weighted by atomic mass is 32.2. The molecule has 0 bridgehead atoms. The van der Waals surface area contributed by atoms with Gasteiger partial charge in [0.1, 0.15) is 0 Å². The van der Waals surface area contributed by atoms with Crippen LogP contribution in [-0.2, 0) is 10.0 Å². The molecule has 0 fully saturated rings. The zero-order valence-corrected chi connectivity index (χ0v) is 14.7. The van der Waals surface area contributed by atoms with Crippen LogP contribution in [0.4, 0.5) is 23.0 Å². The minimum absolute atomic E-state index is 0.0146. The number of anilines is 2. The molecule has 0 spiro atoms. The number of nitrogen functional groups attached to an aromatic ring is 2. The molecule has 26 heavy (non-hydrogen) atoms. The van der Waals surface area contributed by atoms with Crippen LogP contribution in [-0.4, -0.2) is 18.2 Å². The summed E-state index contributed by atoms with van der Waals surface area (Å²) in [5.41, 5.74) is 14.5. The Morgan fingerprint density at radius 2 is 1.58 bits per heavy atom. The van der Waals surface area contributed by atoms with Crippen molar-refractivity contribution in [2.24, 2.45) is 15.4 Å². The summed E-state index contributed by atoms with van der Waals surface area (Å²) in [4.78, 5) is -0.0146. The lowest BCUT2D eigenvalue weighted by Crippen LogP contribution is -2.12. The summed E-state index contributed by atoms with van der Waals surface area (Å²) < 4.78 is 24.0. The molecule has 9 nitrogen and oxygen atoms in total. The Hall–Kier alpha value is -3.24. The molecule has 10 heteroatoms. The van der Waals surface area contributed by atoms with Gasteiger partial charge in [-0.3, -0.25) is 0 Å². The lowest BCUT2D eigenvalue weighted by molar-refractivity contribution is 0.598. The van der Waals surface area contributed by atoms with Crippen LogP contribution in [0.2, 0.25) is 0 Å². The number of nitrogens with zero attached hydrogens (tertiary/aromatic N) is 4. The second-order valence-electron chi connectivity index (χ2n) is 5.61. The Morgan fingerprint density at radius 3 is 2.15 bits per heavy atom. The van der Waals surface area contributed by atoms with Crippen molar-refractivity contribution < 1.29 is 8.42 Å². The Labute approximate surface area is 150 Å². The molecule has 1 aromatic heterocycles. The topological polar surface area (TPSA) is 155 Å². The number of azo groups is 1. The van der Waals surface area contributed by atoms with Crippen molar-refractivity contribution >= 4 is 33.0 Å². The second-order valence-corrected chi connectivity index (χ2v) is 7.17. The summed E-state index contributed by atoms with van der Waals surface area (Å²) in [6.45, 7) is 1.97. The Kier molecular flexibility index (Phi) is 4.45. The Bertz CT molecular complexity index is 1070. The number of hydrogen-bond acceptors (Lipinski definition) is 7. The maximum Gasteiger partial charge on any atom is 0.238 e. The van der Waals surface area contributed by atoms with Gasteiger partial charge < -0.3 is 11.5 Å². The van der Waals surface area contributed by atoms with E-state index < -0.39 is 10.0 Å². The van der Waals surface area contributed by atoms with Crippen LogP contribution >= 0.6 is 0 Å². The average molecular weight is 371 g/mol. The van der Waals surface area contributed by atoms with Gasteiger partial charge in [-0.15, -0.1) is 10.2 Å². The maximum atomic E-state index is 11.3. The van der Waals surface area contributed by atoms with E-state index in [-0.39, 0.29) is 22.2 Å². The van der Waals surface area contributed by atoms with E-state index in [2.05, 4.69) is 15.3 Å². The molecule has 0 saturated heterocycles. The van der Waals surface area contributed by atoms with Gasteiger partial charge in [0.05, 0.1) is 16.3 Å². The van der Waals surface area contributed by atoms with E-state index in [1.54, 1.807) is 0 Å². The molecular weight excluding hydrogens is 354 g/mol. The van der Waals surface area contributed by atoms with Gasteiger partial charge in [0.25, 0.3) is 0 Å². The van der Waals surface area contributed by atoms with Crippen molar-refractivity contribution in [1.82, 2.24) is 9.78 Å². The zero-order valence-electron chi connectivity index (χ0n) is 13.9. The summed E-state index contributed by atoms with van der Waals surface area (Å²) in [6.07, 6.45) is 0. The fourth-order valence-electron chi connectivity index (χ4n) is 2.24. The molecule has 0 atom stereocenters. The SMILES string of the molecule is Cc1ccc(N=Nc2c(N)nn(-c3ccc(S(N)(=O)=O)cc3)c2N)cc1. The summed E-state index contributed by atoms with van der Waals surface area (Å²) in [5, 5.41) is 17.4. The molecule has 0 aliphatic carbocycles. The molecule has 0 radical (unpaired) electrons. The number of aryl methyl sites for hydroxylation is 1. The first kappa shape index (κ1) is 17.6. The predicted molar refractivity (Wildman–Crippen MR) is 99.1 cm³/mol. The largest absolute Gasteiger partial charge is 0.382 e. The first-order valence-electron chi connectivity index (χ1n) is 7.51. The van der Waals surface area contributed by atoms with Crippen molar-refractivity contribution in [1.29, 1.82) is 0 Å². The number of nitrogens with two attached hydrogens (primary N) is 3.